The Balaban J connectivity index is 3.24. The number of ether oxygens (including phenoxy) is 1. The third-order valence-corrected chi connectivity index (χ3v) is 3.44. The Kier molecular flexibility index (Phi) is 5.03. The number of non-ortho nitro benzene ring substituents is 1. The highest BCUT2D eigenvalue weighted by Crippen LogP contribution is 2.31. The molecule has 1 aromatic rings. The molecule has 20 heavy (non-hydrogen) atoms. The van der Waals surface area contributed by atoms with Gasteiger partial charge in [-0.3, -0.25) is 10.1 Å². The number of nitro groups is 1. The first kappa shape index (κ1) is 16.3. The number of sulfonamides is 1. The molecule has 0 saturated carbocycles. The summed E-state index contributed by atoms with van der Waals surface area (Å²) in [6.45, 7) is 2.35. The summed E-state index contributed by atoms with van der Waals surface area (Å²) in [5.74, 6) is 0.0555. The summed E-state index contributed by atoms with van der Waals surface area (Å²) in [4.78, 5) is 11.6. The lowest BCUT2D eigenvalue weighted by Gasteiger charge is -2.15. The van der Waals surface area contributed by atoms with Gasteiger partial charge >= 0.3 is 0 Å². The van der Waals surface area contributed by atoms with Gasteiger partial charge in [-0.1, -0.05) is 0 Å². The molecule has 2 N–H and O–H groups in total. The zero-order valence-corrected chi connectivity index (χ0v) is 12.3. The molecule has 0 bridgehead atoms. The molecular formula is C11H17N3O5S. The molecule has 0 saturated heterocycles. The van der Waals surface area contributed by atoms with E-state index in [9.17, 15) is 18.5 Å². The van der Waals surface area contributed by atoms with E-state index in [0.717, 1.165) is 6.07 Å². The van der Waals surface area contributed by atoms with E-state index in [0.29, 0.717) is 12.1 Å². The highest BCUT2D eigenvalue weighted by molar-refractivity contribution is 7.89. The van der Waals surface area contributed by atoms with Gasteiger partial charge in [0.1, 0.15) is 17.3 Å². The fourth-order valence-electron chi connectivity index (χ4n) is 1.56. The minimum atomic E-state index is -4.11. The zero-order valence-electron chi connectivity index (χ0n) is 11.5. The van der Waals surface area contributed by atoms with Crippen LogP contribution in [0.15, 0.2) is 17.0 Å². The predicted octanol–water partition coefficient (Wildman–Crippen LogP) is 0.491. The number of rotatable bonds is 6. The minimum Gasteiger partial charge on any atom is -0.491 e. The average molecular weight is 303 g/mol. The molecule has 0 amide bonds. The van der Waals surface area contributed by atoms with Crippen molar-refractivity contribution < 1.29 is 18.1 Å². The molecule has 0 atom stereocenters. The van der Waals surface area contributed by atoms with Crippen LogP contribution in [-0.2, 0) is 10.0 Å². The number of nitro benzene ring substituents is 1. The van der Waals surface area contributed by atoms with E-state index in [1.165, 1.54) is 13.0 Å². The van der Waals surface area contributed by atoms with E-state index in [-0.39, 0.29) is 22.9 Å². The van der Waals surface area contributed by atoms with Gasteiger partial charge in [0.05, 0.1) is 4.92 Å². The van der Waals surface area contributed by atoms with E-state index in [4.69, 9.17) is 9.88 Å². The maximum absolute atomic E-state index is 11.5. The van der Waals surface area contributed by atoms with Gasteiger partial charge in [-0.05, 0) is 26.6 Å². The number of nitrogens with zero attached hydrogens (tertiary/aromatic N) is 2. The van der Waals surface area contributed by atoms with E-state index >= 15 is 0 Å². The Morgan fingerprint density at radius 3 is 2.45 bits per heavy atom. The van der Waals surface area contributed by atoms with Crippen LogP contribution in [0.1, 0.15) is 5.56 Å². The van der Waals surface area contributed by atoms with Crippen molar-refractivity contribution in [3.63, 3.8) is 0 Å². The average Bonchev–Trinajstić information content (AvgIpc) is 2.28. The maximum Gasteiger partial charge on any atom is 0.271 e. The van der Waals surface area contributed by atoms with E-state index < -0.39 is 14.9 Å². The van der Waals surface area contributed by atoms with Gasteiger partial charge in [0.25, 0.3) is 5.69 Å². The lowest BCUT2D eigenvalue weighted by Crippen LogP contribution is -2.21. The second kappa shape index (κ2) is 6.16. The molecule has 9 heteroatoms. The van der Waals surface area contributed by atoms with Crippen LogP contribution in [0.3, 0.4) is 0 Å². The summed E-state index contributed by atoms with van der Waals surface area (Å²) in [6, 6.07) is 2.16. The van der Waals surface area contributed by atoms with Gasteiger partial charge in [-0.2, -0.15) is 0 Å². The summed E-state index contributed by atoms with van der Waals surface area (Å²) >= 11 is 0. The third-order valence-electron chi connectivity index (χ3n) is 2.53. The van der Waals surface area contributed by atoms with Crippen LogP contribution in [0.5, 0.6) is 5.75 Å². The summed E-state index contributed by atoms with van der Waals surface area (Å²) in [7, 11) is -0.426. The van der Waals surface area contributed by atoms with Crippen LogP contribution in [-0.4, -0.2) is 45.5 Å². The molecule has 112 valence electrons. The van der Waals surface area contributed by atoms with Gasteiger partial charge in [0.2, 0.25) is 10.0 Å². The van der Waals surface area contributed by atoms with Crippen molar-refractivity contribution in [2.24, 2.45) is 5.14 Å². The largest absolute Gasteiger partial charge is 0.491 e. The van der Waals surface area contributed by atoms with Crippen LogP contribution in [0.25, 0.3) is 0 Å². The van der Waals surface area contributed by atoms with Gasteiger partial charge in [-0.25, -0.2) is 13.6 Å². The number of benzene rings is 1. The zero-order chi connectivity index (χ0) is 15.5. The minimum absolute atomic E-state index is 0.0555. The van der Waals surface area contributed by atoms with Gasteiger partial charge < -0.3 is 9.64 Å². The Morgan fingerprint density at radius 2 is 2.00 bits per heavy atom. The first-order valence-corrected chi connectivity index (χ1v) is 7.27. The molecule has 0 spiro atoms. The second-order valence-electron chi connectivity index (χ2n) is 4.54. The molecule has 0 aliphatic rings. The molecule has 8 nitrogen and oxygen atoms in total. The lowest BCUT2D eigenvalue weighted by atomic mass is 10.2. The highest BCUT2D eigenvalue weighted by Gasteiger charge is 2.22. The van der Waals surface area contributed by atoms with Crippen molar-refractivity contribution in [1.29, 1.82) is 0 Å². The normalized spacial score (nSPS) is 11.7. The Hall–Kier alpha value is -1.71. The molecule has 0 aliphatic carbocycles. The SMILES string of the molecule is Cc1cc([N+](=O)[O-])cc(S(N)(=O)=O)c1OCCN(C)C. The first-order chi connectivity index (χ1) is 9.12. The fraction of sp³-hybridized carbons (Fsp3) is 0.455. The molecule has 0 heterocycles. The molecule has 1 rings (SSSR count). The first-order valence-electron chi connectivity index (χ1n) is 5.72. The van der Waals surface area contributed by atoms with Crippen molar-refractivity contribution in [2.45, 2.75) is 11.8 Å². The number of likely N-dealkylation sites (N-methyl/N-ethyl adjacent to an activating group) is 1. The van der Waals surface area contributed by atoms with Crippen molar-refractivity contribution >= 4 is 15.7 Å². The predicted molar refractivity (Wildman–Crippen MR) is 73.3 cm³/mol. The second-order valence-corrected chi connectivity index (χ2v) is 6.07. The van der Waals surface area contributed by atoms with Crippen LogP contribution in [0.2, 0.25) is 0 Å². The van der Waals surface area contributed by atoms with Crippen molar-refractivity contribution in [1.82, 2.24) is 4.90 Å². The summed E-state index contributed by atoms with van der Waals surface area (Å²) < 4.78 is 28.5. The van der Waals surface area contributed by atoms with Gasteiger partial charge in [-0.15, -0.1) is 0 Å². The van der Waals surface area contributed by atoms with E-state index in [1.807, 2.05) is 19.0 Å². The monoisotopic (exact) mass is 303 g/mol. The summed E-state index contributed by atoms with van der Waals surface area (Å²) in [5.41, 5.74) is 0.00784. The lowest BCUT2D eigenvalue weighted by molar-refractivity contribution is -0.385. The van der Waals surface area contributed by atoms with Crippen molar-refractivity contribution in [3.8, 4) is 5.75 Å². The van der Waals surface area contributed by atoms with Crippen molar-refractivity contribution in [2.75, 3.05) is 27.2 Å². The summed E-state index contributed by atoms with van der Waals surface area (Å²) in [5, 5.41) is 15.9. The van der Waals surface area contributed by atoms with Crippen molar-refractivity contribution in [3.05, 3.63) is 27.8 Å². The Bertz CT molecular complexity index is 613. The summed E-state index contributed by atoms with van der Waals surface area (Å²) in [6.07, 6.45) is 0. The number of hydrogen-bond donors (Lipinski definition) is 1. The highest BCUT2D eigenvalue weighted by atomic mass is 32.2. The maximum atomic E-state index is 11.5. The van der Waals surface area contributed by atoms with E-state index in [2.05, 4.69) is 0 Å². The van der Waals surface area contributed by atoms with Crippen LogP contribution < -0.4 is 9.88 Å². The smallest absolute Gasteiger partial charge is 0.271 e. The number of primary sulfonamides is 1. The van der Waals surface area contributed by atoms with Crippen LogP contribution in [0.4, 0.5) is 5.69 Å². The quantitative estimate of drug-likeness (QED) is 0.604. The van der Waals surface area contributed by atoms with E-state index in [1.54, 1.807) is 0 Å². The molecule has 0 fully saturated rings. The number of nitrogens with two attached hydrogens (primary N) is 1. The van der Waals surface area contributed by atoms with Gasteiger partial charge in [0, 0.05) is 18.7 Å². The van der Waals surface area contributed by atoms with Gasteiger partial charge in [0.15, 0.2) is 0 Å². The molecule has 0 radical (unpaired) electrons. The molecule has 0 unspecified atom stereocenters. The third kappa shape index (κ3) is 4.15. The number of hydrogen-bond acceptors (Lipinski definition) is 6. The van der Waals surface area contributed by atoms with Crippen LogP contribution >= 0.6 is 0 Å². The molecular weight excluding hydrogens is 286 g/mol. The Labute approximate surface area is 117 Å². The standard InChI is InChI=1S/C11H17N3O5S/c1-8-6-9(14(15)16)7-10(20(12,17)18)11(8)19-5-4-13(2)3/h6-7H,4-5H2,1-3H3,(H2,12,17,18). The molecule has 1 aromatic carbocycles. The molecule has 0 aromatic heterocycles. The fourth-order valence-corrected chi connectivity index (χ4v) is 2.32. The topological polar surface area (TPSA) is 116 Å². The van der Waals surface area contributed by atoms with Crippen LogP contribution in [0, 0.1) is 17.0 Å². The molecule has 0 aliphatic heterocycles. The Morgan fingerprint density at radius 1 is 1.40 bits per heavy atom. The number of aryl methyl sites for hydroxylation is 1.